The standard InChI is InChI=1S/C23H24N4O2/c1-16-8-10-19(11-9-16)22-20(12-13-21(28)25-17(2)23(24)29)15-27(26-22)14-18-6-4-3-5-7-18/h3-13,15,17H,14H2,1-2H3,(H2,24,29)(H,25,28)/b13-12+. The van der Waals surface area contributed by atoms with E-state index in [0.717, 1.165) is 27.9 Å². The summed E-state index contributed by atoms with van der Waals surface area (Å²) in [6.45, 7) is 4.20. The number of hydrogen-bond acceptors (Lipinski definition) is 3. The van der Waals surface area contributed by atoms with Gasteiger partial charge in [0.1, 0.15) is 6.04 Å². The average molecular weight is 388 g/mol. The summed E-state index contributed by atoms with van der Waals surface area (Å²) in [6.07, 6.45) is 5.00. The largest absolute Gasteiger partial charge is 0.368 e. The molecule has 0 spiro atoms. The highest BCUT2D eigenvalue weighted by molar-refractivity contribution is 5.95. The third-order valence-corrected chi connectivity index (χ3v) is 4.50. The Morgan fingerprint density at radius 2 is 1.83 bits per heavy atom. The van der Waals surface area contributed by atoms with Gasteiger partial charge >= 0.3 is 0 Å². The van der Waals surface area contributed by atoms with Crippen LogP contribution < -0.4 is 11.1 Å². The summed E-state index contributed by atoms with van der Waals surface area (Å²) in [6, 6.07) is 17.4. The van der Waals surface area contributed by atoms with E-state index in [1.54, 1.807) is 13.0 Å². The number of aromatic nitrogens is 2. The Labute approximate surface area is 170 Å². The van der Waals surface area contributed by atoms with E-state index in [2.05, 4.69) is 5.32 Å². The van der Waals surface area contributed by atoms with Gasteiger partial charge in [-0.3, -0.25) is 14.3 Å². The molecule has 6 nitrogen and oxygen atoms in total. The molecule has 0 saturated heterocycles. The molecule has 29 heavy (non-hydrogen) atoms. The van der Waals surface area contributed by atoms with Crippen LogP contribution in [-0.2, 0) is 16.1 Å². The van der Waals surface area contributed by atoms with Crippen LogP contribution in [0.3, 0.4) is 0 Å². The minimum Gasteiger partial charge on any atom is -0.368 e. The first-order valence-corrected chi connectivity index (χ1v) is 9.38. The molecular formula is C23H24N4O2. The SMILES string of the molecule is Cc1ccc(-c2nn(Cc3ccccc3)cc2/C=C/C(=O)NC(C)C(N)=O)cc1. The molecular weight excluding hydrogens is 364 g/mol. The lowest BCUT2D eigenvalue weighted by Crippen LogP contribution is -2.41. The van der Waals surface area contributed by atoms with Gasteiger partial charge in [0.05, 0.1) is 12.2 Å². The average Bonchev–Trinajstić information content (AvgIpc) is 3.10. The van der Waals surface area contributed by atoms with E-state index in [1.165, 1.54) is 6.08 Å². The van der Waals surface area contributed by atoms with E-state index in [9.17, 15) is 9.59 Å². The minimum absolute atomic E-state index is 0.387. The highest BCUT2D eigenvalue weighted by Crippen LogP contribution is 2.24. The number of carbonyl (C=O) groups excluding carboxylic acids is 2. The summed E-state index contributed by atoms with van der Waals surface area (Å²) in [5, 5.41) is 7.27. The van der Waals surface area contributed by atoms with Crippen LogP contribution in [0.15, 0.2) is 66.9 Å². The van der Waals surface area contributed by atoms with Crippen molar-refractivity contribution in [3.05, 3.63) is 83.6 Å². The van der Waals surface area contributed by atoms with Gasteiger partial charge in [-0.15, -0.1) is 0 Å². The van der Waals surface area contributed by atoms with Crippen molar-refractivity contribution in [2.75, 3.05) is 0 Å². The van der Waals surface area contributed by atoms with Crippen LogP contribution >= 0.6 is 0 Å². The second-order valence-corrected chi connectivity index (χ2v) is 6.95. The van der Waals surface area contributed by atoms with Crippen LogP contribution in [0.1, 0.15) is 23.6 Å². The molecule has 148 valence electrons. The lowest BCUT2D eigenvalue weighted by molar-refractivity contribution is -0.124. The Kier molecular flexibility index (Phi) is 6.24. The van der Waals surface area contributed by atoms with E-state index >= 15 is 0 Å². The van der Waals surface area contributed by atoms with Gasteiger partial charge in [-0.2, -0.15) is 5.10 Å². The quantitative estimate of drug-likeness (QED) is 0.610. The van der Waals surface area contributed by atoms with Crippen molar-refractivity contribution in [3.63, 3.8) is 0 Å². The molecule has 0 aliphatic carbocycles. The molecule has 3 N–H and O–H groups in total. The second-order valence-electron chi connectivity index (χ2n) is 6.95. The second kappa shape index (κ2) is 9.01. The first kappa shape index (κ1) is 20.1. The van der Waals surface area contributed by atoms with E-state index in [4.69, 9.17) is 10.8 Å². The Balaban J connectivity index is 1.89. The normalized spacial score (nSPS) is 12.1. The molecule has 0 fully saturated rings. The predicted octanol–water partition coefficient (Wildman–Crippen LogP) is 2.91. The molecule has 1 unspecified atom stereocenters. The van der Waals surface area contributed by atoms with E-state index < -0.39 is 11.9 Å². The molecule has 0 saturated carbocycles. The maximum atomic E-state index is 12.1. The van der Waals surface area contributed by atoms with Gasteiger partial charge in [0.15, 0.2) is 0 Å². The minimum atomic E-state index is -0.732. The zero-order valence-corrected chi connectivity index (χ0v) is 16.5. The third kappa shape index (κ3) is 5.42. The van der Waals surface area contributed by atoms with Crippen LogP contribution in [0, 0.1) is 6.92 Å². The molecule has 3 rings (SSSR count). The third-order valence-electron chi connectivity index (χ3n) is 4.50. The lowest BCUT2D eigenvalue weighted by atomic mass is 10.1. The fraction of sp³-hybridized carbons (Fsp3) is 0.174. The first-order valence-electron chi connectivity index (χ1n) is 9.38. The molecule has 0 aliphatic rings. The zero-order valence-electron chi connectivity index (χ0n) is 16.5. The van der Waals surface area contributed by atoms with Crippen LogP contribution in [0.2, 0.25) is 0 Å². The van der Waals surface area contributed by atoms with Crippen LogP contribution in [0.25, 0.3) is 17.3 Å². The van der Waals surface area contributed by atoms with Gasteiger partial charge < -0.3 is 11.1 Å². The van der Waals surface area contributed by atoms with Gasteiger partial charge in [0.25, 0.3) is 0 Å². The molecule has 0 radical (unpaired) electrons. The smallest absolute Gasteiger partial charge is 0.244 e. The number of hydrogen-bond donors (Lipinski definition) is 2. The molecule has 1 heterocycles. The van der Waals surface area contributed by atoms with Crippen molar-refractivity contribution < 1.29 is 9.59 Å². The highest BCUT2D eigenvalue weighted by atomic mass is 16.2. The summed E-state index contributed by atoms with van der Waals surface area (Å²) >= 11 is 0. The summed E-state index contributed by atoms with van der Waals surface area (Å²) in [7, 11) is 0. The Morgan fingerprint density at radius 1 is 1.14 bits per heavy atom. The van der Waals surface area contributed by atoms with Crippen molar-refractivity contribution in [3.8, 4) is 11.3 Å². The van der Waals surface area contributed by atoms with E-state index in [-0.39, 0.29) is 5.91 Å². The molecule has 0 bridgehead atoms. The number of benzene rings is 2. The molecule has 6 heteroatoms. The summed E-state index contributed by atoms with van der Waals surface area (Å²) < 4.78 is 1.86. The molecule has 2 amide bonds. The number of rotatable bonds is 7. The highest BCUT2D eigenvalue weighted by Gasteiger charge is 2.12. The molecule has 2 aromatic carbocycles. The summed E-state index contributed by atoms with van der Waals surface area (Å²) in [4.78, 5) is 23.2. The van der Waals surface area contributed by atoms with Gasteiger partial charge in [-0.1, -0.05) is 60.2 Å². The Hall–Kier alpha value is -3.67. The number of carbonyl (C=O) groups is 2. The topological polar surface area (TPSA) is 90.0 Å². The van der Waals surface area contributed by atoms with E-state index in [0.29, 0.717) is 6.54 Å². The van der Waals surface area contributed by atoms with Gasteiger partial charge in [0.2, 0.25) is 11.8 Å². The number of nitrogens with zero attached hydrogens (tertiary/aromatic N) is 2. The molecule has 3 aromatic rings. The summed E-state index contributed by atoms with van der Waals surface area (Å²) in [5.41, 5.74) is 10.0. The predicted molar refractivity (Wildman–Crippen MR) is 114 cm³/mol. The number of aryl methyl sites for hydroxylation is 1. The monoisotopic (exact) mass is 388 g/mol. The zero-order chi connectivity index (χ0) is 20.8. The van der Waals surface area contributed by atoms with Crippen LogP contribution in [0.5, 0.6) is 0 Å². The van der Waals surface area contributed by atoms with Gasteiger partial charge in [-0.25, -0.2) is 0 Å². The molecule has 1 aromatic heterocycles. The Morgan fingerprint density at radius 3 is 2.48 bits per heavy atom. The fourth-order valence-electron chi connectivity index (χ4n) is 2.84. The number of nitrogens with one attached hydrogen (secondary N) is 1. The lowest BCUT2D eigenvalue weighted by Gasteiger charge is -2.07. The van der Waals surface area contributed by atoms with E-state index in [1.807, 2.05) is 72.4 Å². The number of primary amides is 1. The number of nitrogens with two attached hydrogens (primary N) is 1. The molecule has 0 aliphatic heterocycles. The van der Waals surface area contributed by atoms with Crippen molar-refractivity contribution in [1.82, 2.24) is 15.1 Å². The Bertz CT molecular complexity index is 1020. The fourth-order valence-corrected chi connectivity index (χ4v) is 2.84. The van der Waals surface area contributed by atoms with Crippen molar-refractivity contribution in [2.24, 2.45) is 5.73 Å². The van der Waals surface area contributed by atoms with Crippen molar-refractivity contribution in [2.45, 2.75) is 26.4 Å². The number of amides is 2. The maximum Gasteiger partial charge on any atom is 0.244 e. The van der Waals surface area contributed by atoms with Gasteiger partial charge in [0, 0.05) is 23.4 Å². The first-order chi connectivity index (χ1) is 13.9. The van der Waals surface area contributed by atoms with Crippen molar-refractivity contribution in [1.29, 1.82) is 0 Å². The molecule has 1 atom stereocenters. The van der Waals surface area contributed by atoms with Crippen LogP contribution in [-0.4, -0.2) is 27.6 Å². The van der Waals surface area contributed by atoms with Crippen LogP contribution in [0.4, 0.5) is 0 Å². The summed E-state index contributed by atoms with van der Waals surface area (Å²) in [5.74, 6) is -0.968. The maximum absolute atomic E-state index is 12.1. The van der Waals surface area contributed by atoms with Crippen molar-refractivity contribution >= 4 is 17.9 Å². The van der Waals surface area contributed by atoms with Gasteiger partial charge in [-0.05, 0) is 25.5 Å².